The first-order valence-corrected chi connectivity index (χ1v) is 9.31. The normalized spacial score (nSPS) is 16.4. The molecule has 124 valence electrons. The molecule has 1 rings (SSSR count). The Labute approximate surface area is 133 Å². The molecule has 1 saturated heterocycles. The number of nitriles is 1. The maximum atomic E-state index is 6.50. The molecule has 0 amide bonds. The van der Waals surface area contributed by atoms with Crippen LogP contribution in [0.15, 0.2) is 0 Å². The van der Waals surface area contributed by atoms with E-state index in [1.54, 1.807) is 0 Å². The molecule has 0 saturated carbocycles. The first kappa shape index (κ1) is 20.5. The van der Waals surface area contributed by atoms with Crippen molar-refractivity contribution in [1.29, 1.82) is 5.26 Å². The van der Waals surface area contributed by atoms with E-state index in [0.29, 0.717) is 0 Å². The Morgan fingerprint density at radius 2 is 1.24 bits per heavy atom. The average Bonchev–Trinajstić information content (AvgIpc) is 2.53. The van der Waals surface area contributed by atoms with Gasteiger partial charge in [0.1, 0.15) is 0 Å². The van der Waals surface area contributed by atoms with Crippen molar-refractivity contribution in [2.75, 3.05) is 19.6 Å². The fourth-order valence-corrected chi connectivity index (χ4v) is 3.11. The summed E-state index contributed by atoms with van der Waals surface area (Å²) in [5, 5.41) is 6.50. The lowest BCUT2D eigenvalue weighted by Gasteiger charge is -2.30. The van der Waals surface area contributed by atoms with Gasteiger partial charge in [-0.15, -0.1) is 0 Å². The molecule has 1 aliphatic rings. The lowest BCUT2D eigenvalue weighted by atomic mass is 9.99. The van der Waals surface area contributed by atoms with Crippen LogP contribution in [0.25, 0.3) is 0 Å². The number of nitrogens with zero attached hydrogens (tertiary/aromatic N) is 2. The van der Waals surface area contributed by atoms with Gasteiger partial charge in [0.2, 0.25) is 0 Å². The molecule has 2 nitrogen and oxygen atoms in total. The van der Waals surface area contributed by atoms with Crippen molar-refractivity contribution in [1.82, 2.24) is 4.90 Å². The highest BCUT2D eigenvalue weighted by Gasteiger charge is 2.14. The Morgan fingerprint density at radius 1 is 0.810 bits per heavy atom. The third-order valence-electron chi connectivity index (χ3n) is 4.70. The summed E-state index contributed by atoms with van der Waals surface area (Å²) in [7, 11) is 0. The molecule has 0 radical (unpaired) electrons. The first-order valence-electron chi connectivity index (χ1n) is 9.31. The standard InChI is InChI=1S/C18H37N.CHN/c1-3-4-5-6-7-8-9-10-11-12-15-19-16-13-18(2)14-17-19;1-2/h18H,3-17H2,1-2H3;1H. The number of unbranched alkanes of at least 4 members (excludes halogenated alkanes) is 9. The van der Waals surface area contributed by atoms with Crippen LogP contribution in [-0.4, -0.2) is 24.5 Å². The van der Waals surface area contributed by atoms with E-state index in [-0.39, 0.29) is 0 Å². The molecule has 2 heteroatoms. The van der Waals surface area contributed by atoms with Crippen molar-refractivity contribution < 1.29 is 0 Å². The van der Waals surface area contributed by atoms with E-state index in [1.807, 2.05) is 0 Å². The minimum absolute atomic E-state index is 0.976. The van der Waals surface area contributed by atoms with Gasteiger partial charge in [0.05, 0.1) is 0 Å². The molecule has 0 unspecified atom stereocenters. The predicted molar refractivity (Wildman–Crippen MR) is 93.4 cm³/mol. The van der Waals surface area contributed by atoms with Gasteiger partial charge in [0, 0.05) is 6.57 Å². The van der Waals surface area contributed by atoms with Crippen LogP contribution >= 0.6 is 0 Å². The molecule has 0 spiro atoms. The van der Waals surface area contributed by atoms with E-state index in [1.165, 1.54) is 96.7 Å². The molecular weight excluding hydrogens is 256 g/mol. The quantitative estimate of drug-likeness (QED) is 0.452. The summed E-state index contributed by atoms with van der Waals surface area (Å²) in [5.41, 5.74) is 0. The Bertz CT molecular complexity index is 217. The van der Waals surface area contributed by atoms with Gasteiger partial charge < -0.3 is 4.90 Å². The highest BCUT2D eigenvalue weighted by molar-refractivity contribution is 4.69. The van der Waals surface area contributed by atoms with Gasteiger partial charge in [0.15, 0.2) is 0 Å². The zero-order valence-electron chi connectivity index (χ0n) is 14.7. The minimum atomic E-state index is 0.976. The smallest absolute Gasteiger partial charge is 0.0462 e. The average molecular weight is 295 g/mol. The third-order valence-corrected chi connectivity index (χ3v) is 4.70. The van der Waals surface area contributed by atoms with Crippen molar-refractivity contribution in [2.45, 2.75) is 90.9 Å². The van der Waals surface area contributed by atoms with Gasteiger partial charge in [-0.25, -0.2) is 5.26 Å². The summed E-state index contributed by atoms with van der Waals surface area (Å²) in [6.45, 7) is 12.3. The monoisotopic (exact) mass is 294 g/mol. The zero-order valence-corrected chi connectivity index (χ0v) is 14.7. The first-order chi connectivity index (χ1) is 10.3. The number of hydrogen-bond acceptors (Lipinski definition) is 2. The van der Waals surface area contributed by atoms with Crippen LogP contribution in [0.5, 0.6) is 0 Å². The van der Waals surface area contributed by atoms with Crippen LogP contribution < -0.4 is 0 Å². The summed E-state index contributed by atoms with van der Waals surface area (Å²) in [5.74, 6) is 0.976. The molecule has 0 aliphatic carbocycles. The molecule has 1 aliphatic heterocycles. The van der Waals surface area contributed by atoms with Gasteiger partial charge in [-0.05, 0) is 44.8 Å². The summed E-state index contributed by atoms with van der Waals surface area (Å²) in [6.07, 6.45) is 17.4. The Kier molecular flexibility index (Phi) is 15.4. The summed E-state index contributed by atoms with van der Waals surface area (Å²) >= 11 is 0. The molecule has 0 aromatic rings. The molecule has 0 N–H and O–H groups in total. The summed E-state index contributed by atoms with van der Waals surface area (Å²) < 4.78 is 0. The van der Waals surface area contributed by atoms with E-state index in [0.717, 1.165) is 5.92 Å². The van der Waals surface area contributed by atoms with Crippen molar-refractivity contribution in [3.63, 3.8) is 0 Å². The lowest BCUT2D eigenvalue weighted by molar-refractivity contribution is 0.189. The Hall–Kier alpha value is -0.550. The van der Waals surface area contributed by atoms with Crippen LogP contribution in [0.4, 0.5) is 0 Å². The maximum absolute atomic E-state index is 6.50. The van der Waals surface area contributed by atoms with E-state index >= 15 is 0 Å². The Morgan fingerprint density at radius 3 is 1.71 bits per heavy atom. The highest BCUT2D eigenvalue weighted by Crippen LogP contribution is 2.17. The number of hydrogen-bond donors (Lipinski definition) is 0. The van der Waals surface area contributed by atoms with Crippen molar-refractivity contribution in [3.8, 4) is 6.57 Å². The number of piperidine rings is 1. The van der Waals surface area contributed by atoms with E-state index in [4.69, 9.17) is 5.26 Å². The van der Waals surface area contributed by atoms with Crippen LogP contribution in [0.3, 0.4) is 0 Å². The van der Waals surface area contributed by atoms with Crippen molar-refractivity contribution in [3.05, 3.63) is 0 Å². The van der Waals surface area contributed by atoms with Gasteiger partial charge in [0.25, 0.3) is 0 Å². The van der Waals surface area contributed by atoms with Crippen molar-refractivity contribution in [2.24, 2.45) is 5.92 Å². The molecule has 1 heterocycles. The van der Waals surface area contributed by atoms with E-state index < -0.39 is 0 Å². The molecule has 0 aromatic heterocycles. The largest absolute Gasteiger partial charge is 0.303 e. The van der Waals surface area contributed by atoms with Crippen LogP contribution in [0.2, 0.25) is 0 Å². The van der Waals surface area contributed by atoms with Crippen LogP contribution in [-0.2, 0) is 0 Å². The molecular formula is C19H38N2. The lowest BCUT2D eigenvalue weighted by Crippen LogP contribution is -2.33. The fourth-order valence-electron chi connectivity index (χ4n) is 3.11. The summed E-state index contributed by atoms with van der Waals surface area (Å²) in [6, 6.07) is 0. The number of rotatable bonds is 11. The fraction of sp³-hybridized carbons (Fsp3) is 0.947. The molecule has 0 atom stereocenters. The predicted octanol–water partition coefficient (Wildman–Crippen LogP) is 5.78. The second kappa shape index (κ2) is 15.8. The van der Waals surface area contributed by atoms with Crippen LogP contribution in [0.1, 0.15) is 90.9 Å². The van der Waals surface area contributed by atoms with E-state index in [9.17, 15) is 0 Å². The molecule has 1 fully saturated rings. The van der Waals surface area contributed by atoms with Crippen LogP contribution in [0, 0.1) is 17.8 Å². The zero-order chi connectivity index (χ0) is 15.8. The van der Waals surface area contributed by atoms with Gasteiger partial charge in [-0.1, -0.05) is 71.6 Å². The third kappa shape index (κ3) is 12.9. The molecule has 21 heavy (non-hydrogen) atoms. The van der Waals surface area contributed by atoms with Gasteiger partial charge in [-0.2, -0.15) is 0 Å². The minimum Gasteiger partial charge on any atom is -0.303 e. The topological polar surface area (TPSA) is 27.0 Å². The Balaban J connectivity index is 0.00000191. The van der Waals surface area contributed by atoms with Crippen molar-refractivity contribution >= 4 is 0 Å². The second-order valence-corrected chi connectivity index (χ2v) is 6.71. The van der Waals surface area contributed by atoms with E-state index in [2.05, 4.69) is 25.3 Å². The summed E-state index contributed by atoms with van der Waals surface area (Å²) in [4.78, 5) is 2.69. The SMILES string of the molecule is C#N.CCCCCCCCCCCCN1CCC(C)CC1. The molecule has 0 bridgehead atoms. The second-order valence-electron chi connectivity index (χ2n) is 6.71. The van der Waals surface area contributed by atoms with Gasteiger partial charge in [-0.3, -0.25) is 0 Å². The maximum Gasteiger partial charge on any atom is 0.0462 e. The molecule has 0 aromatic carbocycles. The van der Waals surface area contributed by atoms with Gasteiger partial charge >= 0.3 is 0 Å². The highest BCUT2D eigenvalue weighted by atomic mass is 15.1. The number of likely N-dealkylation sites (tertiary alicyclic amines) is 1.